The van der Waals surface area contributed by atoms with E-state index in [-0.39, 0.29) is 28.3 Å². The van der Waals surface area contributed by atoms with Gasteiger partial charge in [-0.3, -0.25) is 14.4 Å². The lowest BCUT2D eigenvalue weighted by atomic mass is 9.85. The van der Waals surface area contributed by atoms with Gasteiger partial charge in [0, 0.05) is 44.0 Å². The Kier molecular flexibility index (Phi) is 3.86. The molecule has 2 aliphatic rings. The summed E-state index contributed by atoms with van der Waals surface area (Å²) >= 11 is 0. The summed E-state index contributed by atoms with van der Waals surface area (Å²) in [6, 6.07) is 0. The Morgan fingerprint density at radius 3 is 2.46 bits per heavy atom. The third-order valence-corrected chi connectivity index (χ3v) is 5.67. The van der Waals surface area contributed by atoms with E-state index < -0.39 is 0 Å². The highest BCUT2D eigenvalue weighted by atomic mass is 16.2. The first-order valence-corrected chi connectivity index (χ1v) is 9.03. The average molecular weight is 357 g/mol. The molecular formula is C18H23N5O3. The maximum absolute atomic E-state index is 12.8. The number of amides is 2. The Morgan fingerprint density at radius 1 is 1.15 bits per heavy atom. The number of aromatic nitrogens is 3. The lowest BCUT2D eigenvalue weighted by Gasteiger charge is -2.38. The molecule has 2 amide bonds. The SMILES string of the molecule is CC(C)(C(=O)N1CCN(C(=O)c2cnn3cc[nH]c(=O)c23)CC1)C1CC1. The van der Waals surface area contributed by atoms with Crippen LogP contribution in [0.25, 0.3) is 5.52 Å². The molecule has 0 atom stereocenters. The van der Waals surface area contributed by atoms with Crippen molar-refractivity contribution in [1.29, 1.82) is 0 Å². The number of carbonyl (C=O) groups excluding carboxylic acids is 2. The molecule has 1 saturated carbocycles. The van der Waals surface area contributed by atoms with E-state index in [2.05, 4.69) is 10.1 Å². The van der Waals surface area contributed by atoms with Gasteiger partial charge in [-0.25, -0.2) is 4.52 Å². The summed E-state index contributed by atoms with van der Waals surface area (Å²) in [6.45, 7) is 6.03. The van der Waals surface area contributed by atoms with Crippen molar-refractivity contribution in [3.63, 3.8) is 0 Å². The maximum atomic E-state index is 12.8. The van der Waals surface area contributed by atoms with E-state index in [4.69, 9.17) is 0 Å². The Balaban J connectivity index is 1.47. The van der Waals surface area contributed by atoms with Gasteiger partial charge in [-0.05, 0) is 18.8 Å². The van der Waals surface area contributed by atoms with E-state index in [1.807, 2.05) is 18.7 Å². The quantitative estimate of drug-likeness (QED) is 0.877. The summed E-state index contributed by atoms with van der Waals surface area (Å²) in [7, 11) is 0. The molecule has 26 heavy (non-hydrogen) atoms. The van der Waals surface area contributed by atoms with Gasteiger partial charge in [0.2, 0.25) is 5.91 Å². The predicted octanol–water partition coefficient (Wildman–Crippen LogP) is 0.743. The van der Waals surface area contributed by atoms with Crippen LogP contribution in [0.5, 0.6) is 0 Å². The topological polar surface area (TPSA) is 90.8 Å². The molecule has 138 valence electrons. The smallest absolute Gasteiger partial charge is 0.274 e. The molecule has 8 nitrogen and oxygen atoms in total. The number of hydrogen-bond acceptors (Lipinski definition) is 4. The number of nitrogens with one attached hydrogen (secondary N) is 1. The molecule has 0 aromatic carbocycles. The van der Waals surface area contributed by atoms with E-state index >= 15 is 0 Å². The molecule has 2 aromatic rings. The van der Waals surface area contributed by atoms with E-state index in [1.54, 1.807) is 11.1 Å². The first-order chi connectivity index (χ1) is 12.4. The molecule has 2 fully saturated rings. The number of fused-ring (bicyclic) bond motifs is 1. The van der Waals surface area contributed by atoms with Crippen LogP contribution in [0.2, 0.25) is 0 Å². The minimum absolute atomic E-state index is 0.180. The lowest BCUT2D eigenvalue weighted by Crippen LogP contribution is -2.53. The largest absolute Gasteiger partial charge is 0.339 e. The molecular weight excluding hydrogens is 334 g/mol. The number of rotatable bonds is 3. The molecule has 3 heterocycles. The van der Waals surface area contributed by atoms with Gasteiger partial charge in [0.25, 0.3) is 11.5 Å². The van der Waals surface area contributed by atoms with Crippen molar-refractivity contribution in [2.75, 3.05) is 26.2 Å². The molecule has 1 aliphatic carbocycles. The molecule has 0 spiro atoms. The van der Waals surface area contributed by atoms with Gasteiger partial charge < -0.3 is 14.8 Å². The molecule has 1 N–H and O–H groups in total. The van der Waals surface area contributed by atoms with Crippen LogP contribution in [-0.2, 0) is 4.79 Å². The summed E-state index contributed by atoms with van der Waals surface area (Å²) in [4.78, 5) is 43.8. The Morgan fingerprint density at radius 2 is 1.81 bits per heavy atom. The Hall–Kier alpha value is -2.64. The number of nitrogens with zero attached hydrogens (tertiary/aromatic N) is 4. The van der Waals surface area contributed by atoms with Crippen molar-refractivity contribution < 1.29 is 9.59 Å². The van der Waals surface area contributed by atoms with Crippen molar-refractivity contribution in [3.8, 4) is 0 Å². The van der Waals surface area contributed by atoms with Crippen LogP contribution >= 0.6 is 0 Å². The third kappa shape index (κ3) is 2.69. The maximum Gasteiger partial charge on any atom is 0.274 e. The van der Waals surface area contributed by atoms with Gasteiger partial charge in [-0.1, -0.05) is 13.8 Å². The fourth-order valence-electron chi connectivity index (χ4n) is 3.78. The first kappa shape index (κ1) is 16.8. The molecule has 0 unspecified atom stereocenters. The molecule has 1 saturated heterocycles. The fraction of sp³-hybridized carbons (Fsp3) is 0.556. The number of carbonyl (C=O) groups is 2. The van der Waals surface area contributed by atoms with Crippen LogP contribution in [0.15, 0.2) is 23.4 Å². The standard InChI is InChI=1S/C18H23N5O3/c1-18(2,12-3-4-12)17(26)22-9-7-21(8-10-22)16(25)13-11-20-23-6-5-19-15(24)14(13)23/h5-6,11-12H,3-4,7-10H2,1-2H3,(H,19,24). The molecule has 2 aromatic heterocycles. The van der Waals surface area contributed by atoms with Crippen molar-refractivity contribution in [3.05, 3.63) is 34.5 Å². The first-order valence-electron chi connectivity index (χ1n) is 9.03. The van der Waals surface area contributed by atoms with Crippen LogP contribution in [0.3, 0.4) is 0 Å². The van der Waals surface area contributed by atoms with E-state index in [1.165, 1.54) is 16.9 Å². The second-order valence-electron chi connectivity index (χ2n) is 7.72. The Labute approximate surface area is 150 Å². The third-order valence-electron chi connectivity index (χ3n) is 5.67. The summed E-state index contributed by atoms with van der Waals surface area (Å²) in [5, 5.41) is 4.08. The van der Waals surface area contributed by atoms with Crippen molar-refractivity contribution in [2.45, 2.75) is 26.7 Å². The normalized spacial score (nSPS) is 18.4. The van der Waals surface area contributed by atoms with Crippen molar-refractivity contribution in [2.24, 2.45) is 11.3 Å². The second-order valence-corrected chi connectivity index (χ2v) is 7.72. The van der Waals surface area contributed by atoms with Crippen LogP contribution in [0.1, 0.15) is 37.0 Å². The molecule has 4 rings (SSSR count). The number of piperazine rings is 1. The zero-order valence-electron chi connectivity index (χ0n) is 15.1. The molecule has 0 bridgehead atoms. The number of H-pyrrole nitrogens is 1. The van der Waals surface area contributed by atoms with Crippen LogP contribution < -0.4 is 5.56 Å². The zero-order chi connectivity index (χ0) is 18.5. The highest BCUT2D eigenvalue weighted by molar-refractivity contribution is 6.00. The van der Waals surface area contributed by atoms with Gasteiger partial charge in [0.1, 0.15) is 5.52 Å². The van der Waals surface area contributed by atoms with Crippen LogP contribution in [0, 0.1) is 11.3 Å². The molecule has 0 radical (unpaired) electrons. The van der Waals surface area contributed by atoms with E-state index in [9.17, 15) is 14.4 Å². The lowest BCUT2D eigenvalue weighted by molar-refractivity contribution is -0.143. The molecule has 8 heteroatoms. The monoisotopic (exact) mass is 357 g/mol. The van der Waals surface area contributed by atoms with Crippen molar-refractivity contribution >= 4 is 17.3 Å². The highest BCUT2D eigenvalue weighted by Crippen LogP contribution is 2.46. The van der Waals surface area contributed by atoms with Gasteiger partial charge in [-0.15, -0.1) is 0 Å². The van der Waals surface area contributed by atoms with Crippen LogP contribution in [-0.4, -0.2) is 62.4 Å². The van der Waals surface area contributed by atoms with Crippen molar-refractivity contribution in [1.82, 2.24) is 24.4 Å². The fourth-order valence-corrected chi connectivity index (χ4v) is 3.78. The summed E-state index contributed by atoms with van der Waals surface area (Å²) in [6.07, 6.45) is 6.77. The second kappa shape index (κ2) is 5.96. The average Bonchev–Trinajstić information content (AvgIpc) is 3.41. The predicted molar refractivity (Wildman–Crippen MR) is 94.8 cm³/mol. The van der Waals surface area contributed by atoms with E-state index in [0.29, 0.717) is 37.7 Å². The summed E-state index contributed by atoms with van der Waals surface area (Å²) < 4.78 is 1.41. The minimum Gasteiger partial charge on any atom is -0.339 e. The van der Waals surface area contributed by atoms with Crippen LogP contribution in [0.4, 0.5) is 0 Å². The Bertz CT molecular complexity index is 916. The highest BCUT2D eigenvalue weighted by Gasteiger charge is 2.45. The van der Waals surface area contributed by atoms with Gasteiger partial charge in [0.05, 0.1) is 11.8 Å². The minimum atomic E-state index is -0.339. The number of aromatic amines is 1. The van der Waals surface area contributed by atoms with Gasteiger partial charge >= 0.3 is 0 Å². The van der Waals surface area contributed by atoms with Gasteiger partial charge in [-0.2, -0.15) is 5.10 Å². The van der Waals surface area contributed by atoms with E-state index in [0.717, 1.165) is 12.8 Å². The number of hydrogen-bond donors (Lipinski definition) is 1. The summed E-state index contributed by atoms with van der Waals surface area (Å²) in [5.41, 5.74) is -0.105. The summed E-state index contributed by atoms with van der Waals surface area (Å²) in [5.74, 6) is 0.449. The zero-order valence-corrected chi connectivity index (χ0v) is 15.1. The van der Waals surface area contributed by atoms with Gasteiger partial charge in [0.15, 0.2) is 0 Å². The molecule has 1 aliphatic heterocycles.